The van der Waals surface area contributed by atoms with E-state index in [9.17, 15) is 10.2 Å². The first-order valence-electron chi connectivity index (χ1n) is 6.67. The molecular formula is C15H20O2. The summed E-state index contributed by atoms with van der Waals surface area (Å²) in [6.07, 6.45) is 4.78. The first-order chi connectivity index (χ1) is 8.24. The third-order valence-electron chi connectivity index (χ3n) is 4.65. The molecule has 0 amide bonds. The van der Waals surface area contributed by atoms with Crippen LogP contribution < -0.4 is 0 Å². The van der Waals surface area contributed by atoms with Gasteiger partial charge in [-0.3, -0.25) is 0 Å². The van der Waals surface area contributed by atoms with Crippen LogP contribution in [-0.4, -0.2) is 22.4 Å². The van der Waals surface area contributed by atoms with Crippen LogP contribution in [0.25, 0.3) is 0 Å². The lowest BCUT2D eigenvalue weighted by Crippen LogP contribution is -2.41. The van der Waals surface area contributed by atoms with Gasteiger partial charge in [0.1, 0.15) is 0 Å². The summed E-state index contributed by atoms with van der Waals surface area (Å²) in [5, 5.41) is 20.0. The van der Waals surface area contributed by atoms with E-state index in [1.807, 2.05) is 0 Å². The van der Waals surface area contributed by atoms with Crippen molar-refractivity contribution >= 4 is 0 Å². The molecule has 0 aliphatic heterocycles. The molecule has 2 heteroatoms. The number of hydrogen-bond donors (Lipinski definition) is 2. The summed E-state index contributed by atoms with van der Waals surface area (Å²) in [4.78, 5) is 0. The first-order valence-corrected chi connectivity index (χ1v) is 6.67. The van der Waals surface area contributed by atoms with E-state index in [0.29, 0.717) is 12.3 Å². The molecule has 0 radical (unpaired) electrons. The fraction of sp³-hybridized carbons (Fsp3) is 0.600. The Balaban J connectivity index is 2.08. The predicted molar refractivity (Wildman–Crippen MR) is 67.0 cm³/mol. The van der Waals surface area contributed by atoms with Gasteiger partial charge in [0.05, 0.1) is 5.60 Å². The van der Waals surface area contributed by atoms with Crippen molar-refractivity contribution in [3.63, 3.8) is 0 Å². The zero-order valence-corrected chi connectivity index (χ0v) is 10.1. The van der Waals surface area contributed by atoms with Gasteiger partial charge in [-0.1, -0.05) is 30.7 Å². The quantitative estimate of drug-likeness (QED) is 0.822. The summed E-state index contributed by atoms with van der Waals surface area (Å²) in [6, 6.07) is 8.56. The zero-order valence-electron chi connectivity index (χ0n) is 10.1. The van der Waals surface area contributed by atoms with Crippen molar-refractivity contribution in [2.75, 3.05) is 6.61 Å². The van der Waals surface area contributed by atoms with Crippen molar-refractivity contribution in [1.82, 2.24) is 0 Å². The van der Waals surface area contributed by atoms with E-state index < -0.39 is 5.60 Å². The van der Waals surface area contributed by atoms with E-state index >= 15 is 0 Å². The number of fused-ring (bicyclic) bond motifs is 3. The average molecular weight is 232 g/mol. The van der Waals surface area contributed by atoms with E-state index in [4.69, 9.17) is 0 Å². The monoisotopic (exact) mass is 232 g/mol. The Bertz CT molecular complexity index is 415. The van der Waals surface area contributed by atoms with E-state index in [-0.39, 0.29) is 12.5 Å². The summed E-state index contributed by atoms with van der Waals surface area (Å²) in [5.74, 6) is 0.714. The van der Waals surface area contributed by atoms with Gasteiger partial charge in [-0.25, -0.2) is 0 Å². The second-order valence-corrected chi connectivity index (χ2v) is 5.59. The van der Waals surface area contributed by atoms with Crippen molar-refractivity contribution in [1.29, 1.82) is 0 Å². The summed E-state index contributed by atoms with van der Waals surface area (Å²) >= 11 is 0. The normalized spacial score (nSPS) is 35.4. The molecule has 3 aliphatic carbocycles. The second kappa shape index (κ2) is 4.11. The lowest BCUT2D eigenvalue weighted by Gasteiger charge is -2.42. The van der Waals surface area contributed by atoms with Crippen LogP contribution in [0, 0.1) is 0 Å². The molecular weight excluding hydrogens is 212 g/mol. The van der Waals surface area contributed by atoms with Crippen LogP contribution in [-0.2, 0) is 0 Å². The summed E-state index contributed by atoms with van der Waals surface area (Å²) in [5.41, 5.74) is 2.10. The molecule has 0 aromatic heterocycles. The molecule has 1 aromatic rings. The molecule has 0 unspecified atom stereocenters. The van der Waals surface area contributed by atoms with Gasteiger partial charge >= 0.3 is 0 Å². The van der Waals surface area contributed by atoms with Crippen molar-refractivity contribution in [2.24, 2.45) is 0 Å². The van der Waals surface area contributed by atoms with Crippen LogP contribution in [0.5, 0.6) is 0 Å². The van der Waals surface area contributed by atoms with Gasteiger partial charge in [-0.2, -0.15) is 0 Å². The number of aliphatic hydroxyl groups excluding tert-OH is 1. The zero-order chi connectivity index (χ0) is 11.9. The molecule has 1 aromatic carbocycles. The Kier molecular flexibility index (Phi) is 2.72. The van der Waals surface area contributed by atoms with Crippen LogP contribution in [0.3, 0.4) is 0 Å². The number of aliphatic hydroxyl groups is 2. The fourth-order valence-electron chi connectivity index (χ4n) is 3.89. The largest absolute Gasteiger partial charge is 0.396 e. The van der Waals surface area contributed by atoms with E-state index in [2.05, 4.69) is 24.3 Å². The topological polar surface area (TPSA) is 40.5 Å². The second-order valence-electron chi connectivity index (χ2n) is 5.59. The lowest BCUT2D eigenvalue weighted by molar-refractivity contribution is -0.0253. The van der Waals surface area contributed by atoms with Crippen LogP contribution in [0.2, 0.25) is 0 Å². The number of hydrogen-bond acceptors (Lipinski definition) is 2. The Hall–Kier alpha value is -0.860. The van der Waals surface area contributed by atoms with Crippen molar-refractivity contribution in [3.05, 3.63) is 35.4 Å². The minimum absolute atomic E-state index is 0.0852. The van der Waals surface area contributed by atoms with Crippen LogP contribution in [0.15, 0.2) is 24.3 Å². The molecule has 1 saturated carbocycles. The molecule has 4 rings (SSSR count). The standard InChI is InChI=1S/C15H20O2/c16-9-8-15(17)10-11-4-3-7-14(15)13-6-2-1-5-12(11)13/h1-2,5-6,11,14,16-17H,3-4,7-10H2/t11-,14-,15+/m0/s1. The molecule has 2 nitrogen and oxygen atoms in total. The number of rotatable bonds is 2. The third-order valence-corrected chi connectivity index (χ3v) is 4.65. The molecule has 0 saturated heterocycles. The maximum atomic E-state index is 10.8. The Labute approximate surface area is 102 Å². The highest BCUT2D eigenvalue weighted by atomic mass is 16.3. The summed E-state index contributed by atoms with van der Waals surface area (Å²) in [6.45, 7) is 0.0852. The average Bonchev–Trinajstić information content (AvgIpc) is 2.60. The molecule has 0 spiro atoms. The molecule has 3 aliphatic rings. The van der Waals surface area contributed by atoms with Gasteiger partial charge in [-0.15, -0.1) is 0 Å². The van der Waals surface area contributed by atoms with Crippen molar-refractivity contribution < 1.29 is 10.2 Å². The maximum Gasteiger partial charge on any atom is 0.0743 e. The van der Waals surface area contributed by atoms with Crippen molar-refractivity contribution in [3.8, 4) is 0 Å². The van der Waals surface area contributed by atoms with Gasteiger partial charge in [0.25, 0.3) is 0 Å². The molecule has 2 N–H and O–H groups in total. The summed E-state index contributed by atoms with van der Waals surface area (Å²) in [7, 11) is 0. The van der Waals surface area contributed by atoms with Gasteiger partial charge in [-0.05, 0) is 42.7 Å². The van der Waals surface area contributed by atoms with Gasteiger partial charge in [0.15, 0.2) is 0 Å². The molecule has 1 fully saturated rings. The van der Waals surface area contributed by atoms with Crippen LogP contribution >= 0.6 is 0 Å². The Morgan fingerprint density at radius 3 is 2.71 bits per heavy atom. The maximum absolute atomic E-state index is 10.8. The third kappa shape index (κ3) is 1.71. The van der Waals surface area contributed by atoms with Gasteiger partial charge in [0.2, 0.25) is 0 Å². The highest BCUT2D eigenvalue weighted by Gasteiger charge is 2.46. The van der Waals surface area contributed by atoms with Gasteiger partial charge < -0.3 is 10.2 Å². The van der Waals surface area contributed by atoms with Gasteiger partial charge in [0, 0.05) is 12.5 Å². The molecule has 92 valence electrons. The van der Waals surface area contributed by atoms with Crippen molar-refractivity contribution in [2.45, 2.75) is 49.5 Å². The lowest BCUT2D eigenvalue weighted by atomic mass is 9.67. The molecule has 17 heavy (non-hydrogen) atoms. The Morgan fingerprint density at radius 1 is 1.18 bits per heavy atom. The molecule has 3 atom stereocenters. The minimum Gasteiger partial charge on any atom is -0.396 e. The predicted octanol–water partition coefficient (Wildman–Crippen LogP) is 2.55. The van der Waals surface area contributed by atoms with E-state index in [1.165, 1.54) is 24.0 Å². The van der Waals surface area contributed by atoms with Crippen LogP contribution in [0.4, 0.5) is 0 Å². The first kappa shape index (κ1) is 11.2. The minimum atomic E-state index is -0.676. The highest BCUT2D eigenvalue weighted by molar-refractivity contribution is 5.39. The molecule has 0 heterocycles. The smallest absolute Gasteiger partial charge is 0.0743 e. The Morgan fingerprint density at radius 2 is 1.94 bits per heavy atom. The highest BCUT2D eigenvalue weighted by Crippen LogP contribution is 2.53. The SMILES string of the molecule is OCC[C@@]1(O)C[C@@H]2CCC[C@H]1c1ccccc12. The van der Waals surface area contributed by atoms with E-state index in [0.717, 1.165) is 12.8 Å². The molecule has 2 bridgehead atoms. The fourth-order valence-corrected chi connectivity index (χ4v) is 3.89. The van der Waals surface area contributed by atoms with Crippen LogP contribution in [0.1, 0.15) is 55.1 Å². The summed E-state index contributed by atoms with van der Waals surface area (Å²) < 4.78 is 0. The number of benzene rings is 1. The van der Waals surface area contributed by atoms with E-state index in [1.54, 1.807) is 0 Å².